The number of methoxy groups -OCH3 is 1. The number of carbonyl (C=O) groups excluding carboxylic acids is 1. The molecule has 0 fully saturated rings. The number of ether oxygens (including phenoxy) is 2. The Balaban J connectivity index is 2.23. The van der Waals surface area contributed by atoms with Crippen molar-refractivity contribution in [2.75, 3.05) is 33.9 Å². The summed E-state index contributed by atoms with van der Waals surface area (Å²) in [5.74, 6) is -0.297. The first-order valence-corrected chi connectivity index (χ1v) is 8.62. The topological polar surface area (TPSA) is 38.8 Å². The normalized spacial score (nSPS) is 13.4. The van der Waals surface area contributed by atoms with Gasteiger partial charge >= 0.3 is 5.97 Å². The van der Waals surface area contributed by atoms with Crippen molar-refractivity contribution >= 4 is 5.97 Å². The van der Waals surface area contributed by atoms with Gasteiger partial charge < -0.3 is 9.47 Å². The number of nitrogens with zero attached hydrogens (tertiary/aromatic N) is 1. The number of hydrogen-bond donors (Lipinski definition) is 0. The molecule has 134 valence electrons. The monoisotopic (exact) mass is 341 g/mol. The molecule has 0 radical (unpaired) electrons. The molecule has 0 heterocycles. The molecule has 2 rings (SSSR count). The van der Waals surface area contributed by atoms with E-state index >= 15 is 0 Å². The third-order valence-electron chi connectivity index (χ3n) is 4.71. The van der Waals surface area contributed by atoms with Crippen molar-refractivity contribution in [1.82, 2.24) is 4.90 Å². The van der Waals surface area contributed by atoms with E-state index in [0.29, 0.717) is 18.8 Å². The lowest BCUT2D eigenvalue weighted by molar-refractivity contribution is -0.00321. The highest BCUT2D eigenvalue weighted by molar-refractivity contribution is 5.89. The molecule has 2 aromatic rings. The van der Waals surface area contributed by atoms with E-state index in [4.69, 9.17) is 9.47 Å². The molecule has 0 saturated carbocycles. The highest BCUT2D eigenvalue weighted by atomic mass is 16.5. The van der Waals surface area contributed by atoms with Crippen LogP contribution in [0.3, 0.4) is 0 Å². The van der Waals surface area contributed by atoms with Gasteiger partial charge in [0, 0.05) is 13.7 Å². The van der Waals surface area contributed by atoms with E-state index in [2.05, 4.69) is 24.0 Å². The Morgan fingerprint density at radius 2 is 1.64 bits per heavy atom. The van der Waals surface area contributed by atoms with Crippen LogP contribution in [-0.4, -0.2) is 44.8 Å². The lowest BCUT2D eigenvalue weighted by Crippen LogP contribution is -2.48. The second-order valence-corrected chi connectivity index (χ2v) is 6.11. The summed E-state index contributed by atoms with van der Waals surface area (Å²) >= 11 is 0. The zero-order valence-corrected chi connectivity index (χ0v) is 15.3. The van der Waals surface area contributed by atoms with Gasteiger partial charge in [-0.1, -0.05) is 55.5 Å². The highest BCUT2D eigenvalue weighted by Gasteiger charge is 2.36. The Hall–Kier alpha value is -2.17. The van der Waals surface area contributed by atoms with Crippen molar-refractivity contribution in [2.45, 2.75) is 18.9 Å². The molecule has 0 saturated heterocycles. The maximum Gasteiger partial charge on any atom is 0.338 e. The number of carbonyl (C=O) groups is 1. The molecule has 0 bridgehead atoms. The van der Waals surface area contributed by atoms with Gasteiger partial charge in [0.1, 0.15) is 6.61 Å². The summed E-state index contributed by atoms with van der Waals surface area (Å²) in [5, 5.41) is 0. The average molecular weight is 341 g/mol. The molecule has 0 amide bonds. The molecule has 1 atom stereocenters. The third kappa shape index (κ3) is 4.68. The molecule has 0 N–H and O–H groups in total. The van der Waals surface area contributed by atoms with E-state index in [0.717, 1.165) is 18.5 Å². The van der Waals surface area contributed by atoms with Gasteiger partial charge in [0.05, 0.1) is 17.7 Å². The zero-order valence-electron chi connectivity index (χ0n) is 15.3. The highest BCUT2D eigenvalue weighted by Crippen LogP contribution is 2.32. The van der Waals surface area contributed by atoms with Crippen LogP contribution in [0, 0.1) is 0 Å². The quantitative estimate of drug-likeness (QED) is 0.652. The SMILES string of the molecule is CC[C@@](COC(=O)c1ccccc1)(c1ccccc1)N(C)CCOC. The third-order valence-corrected chi connectivity index (χ3v) is 4.71. The number of likely N-dealkylation sites (N-methyl/N-ethyl adjacent to an activating group) is 1. The van der Waals surface area contributed by atoms with E-state index in [1.807, 2.05) is 43.4 Å². The van der Waals surface area contributed by atoms with Crippen LogP contribution < -0.4 is 0 Å². The number of hydrogen-bond acceptors (Lipinski definition) is 4. The van der Waals surface area contributed by atoms with E-state index in [1.54, 1.807) is 19.2 Å². The molecule has 0 aliphatic carbocycles. The van der Waals surface area contributed by atoms with Crippen LogP contribution >= 0.6 is 0 Å². The Kier molecular flexibility index (Phi) is 7.16. The Morgan fingerprint density at radius 1 is 1.04 bits per heavy atom. The van der Waals surface area contributed by atoms with Crippen molar-refractivity contribution in [3.63, 3.8) is 0 Å². The van der Waals surface area contributed by atoms with Crippen LogP contribution in [0.15, 0.2) is 60.7 Å². The van der Waals surface area contributed by atoms with Crippen molar-refractivity contribution in [3.8, 4) is 0 Å². The lowest BCUT2D eigenvalue weighted by atomic mass is 9.86. The van der Waals surface area contributed by atoms with Crippen LogP contribution in [0.5, 0.6) is 0 Å². The summed E-state index contributed by atoms with van der Waals surface area (Å²) in [5.41, 5.74) is 1.32. The number of rotatable bonds is 9. The van der Waals surface area contributed by atoms with Crippen LogP contribution in [0.25, 0.3) is 0 Å². The molecule has 4 nitrogen and oxygen atoms in total. The molecule has 4 heteroatoms. The predicted molar refractivity (Wildman–Crippen MR) is 99.6 cm³/mol. The average Bonchev–Trinajstić information content (AvgIpc) is 2.68. The van der Waals surface area contributed by atoms with Gasteiger partial charge in [-0.25, -0.2) is 4.79 Å². The molecule has 2 aromatic carbocycles. The Bertz CT molecular complexity index is 645. The fourth-order valence-electron chi connectivity index (χ4n) is 3.02. The van der Waals surface area contributed by atoms with E-state index < -0.39 is 0 Å². The van der Waals surface area contributed by atoms with Crippen molar-refractivity contribution in [3.05, 3.63) is 71.8 Å². The fourth-order valence-corrected chi connectivity index (χ4v) is 3.02. The Labute approximate surface area is 150 Å². The van der Waals surface area contributed by atoms with Gasteiger partial charge in [-0.15, -0.1) is 0 Å². The summed E-state index contributed by atoms with van der Waals surface area (Å²) < 4.78 is 11.0. The summed E-state index contributed by atoms with van der Waals surface area (Å²) in [4.78, 5) is 14.6. The molecule has 0 aromatic heterocycles. The van der Waals surface area contributed by atoms with Gasteiger partial charge in [0.25, 0.3) is 0 Å². The molecular weight excluding hydrogens is 314 g/mol. The largest absolute Gasteiger partial charge is 0.460 e. The van der Waals surface area contributed by atoms with Gasteiger partial charge in [0.2, 0.25) is 0 Å². The second-order valence-electron chi connectivity index (χ2n) is 6.11. The Morgan fingerprint density at radius 3 is 2.20 bits per heavy atom. The van der Waals surface area contributed by atoms with Crippen molar-refractivity contribution < 1.29 is 14.3 Å². The molecule has 25 heavy (non-hydrogen) atoms. The predicted octanol–water partition coefficient (Wildman–Crippen LogP) is 3.73. The molecule has 0 aliphatic heterocycles. The van der Waals surface area contributed by atoms with Gasteiger partial charge in [-0.3, -0.25) is 4.90 Å². The maximum atomic E-state index is 12.4. The molecular formula is C21H27NO3. The fraction of sp³-hybridized carbons (Fsp3) is 0.381. The summed E-state index contributed by atoms with van der Waals surface area (Å²) in [7, 11) is 3.74. The smallest absolute Gasteiger partial charge is 0.338 e. The van der Waals surface area contributed by atoms with Gasteiger partial charge in [-0.05, 0) is 31.2 Å². The van der Waals surface area contributed by atoms with E-state index in [-0.39, 0.29) is 11.5 Å². The van der Waals surface area contributed by atoms with Gasteiger partial charge in [0.15, 0.2) is 0 Å². The van der Waals surface area contributed by atoms with Crippen LogP contribution in [0.1, 0.15) is 29.3 Å². The summed E-state index contributed by atoms with van der Waals surface area (Å²) in [6.07, 6.45) is 0.819. The standard InChI is InChI=1S/C21H27NO3/c1-4-21(22(2)15-16-24-3,19-13-9-6-10-14-19)17-25-20(23)18-11-7-5-8-12-18/h5-14H,4,15-17H2,1-3H3/t21-/m1/s1. The minimum Gasteiger partial charge on any atom is -0.460 e. The molecule has 0 aliphatic rings. The van der Waals surface area contributed by atoms with Crippen LogP contribution in [0.2, 0.25) is 0 Å². The zero-order chi connectivity index (χ0) is 18.1. The minimum absolute atomic E-state index is 0.293. The van der Waals surface area contributed by atoms with Crippen LogP contribution in [0.4, 0.5) is 0 Å². The molecule has 0 unspecified atom stereocenters. The van der Waals surface area contributed by atoms with Crippen molar-refractivity contribution in [2.24, 2.45) is 0 Å². The minimum atomic E-state index is -0.385. The first-order chi connectivity index (χ1) is 12.1. The summed E-state index contributed by atoms with van der Waals surface area (Å²) in [6, 6.07) is 19.3. The second kappa shape index (κ2) is 9.35. The van der Waals surface area contributed by atoms with Crippen molar-refractivity contribution in [1.29, 1.82) is 0 Å². The maximum absolute atomic E-state index is 12.4. The number of esters is 1. The first kappa shape index (κ1) is 19.2. The van der Waals surface area contributed by atoms with E-state index in [1.165, 1.54) is 0 Å². The lowest BCUT2D eigenvalue weighted by Gasteiger charge is -2.41. The van der Waals surface area contributed by atoms with Gasteiger partial charge in [-0.2, -0.15) is 0 Å². The number of benzene rings is 2. The van der Waals surface area contributed by atoms with E-state index in [9.17, 15) is 4.79 Å². The molecule has 0 spiro atoms. The summed E-state index contributed by atoms with van der Waals surface area (Å²) in [6.45, 7) is 3.79. The first-order valence-electron chi connectivity index (χ1n) is 8.62. The van der Waals surface area contributed by atoms with Crippen LogP contribution in [-0.2, 0) is 15.0 Å².